The molecule has 1 aliphatic carbocycles. The van der Waals surface area contributed by atoms with Gasteiger partial charge in [-0.1, -0.05) is 30.9 Å². The molecule has 2 nitrogen and oxygen atoms in total. The molecule has 0 radical (unpaired) electrons. The lowest BCUT2D eigenvalue weighted by Crippen LogP contribution is -2.13. The van der Waals surface area contributed by atoms with Crippen molar-refractivity contribution in [1.82, 2.24) is 4.98 Å². The number of ether oxygens (including phenoxy) is 1. The second-order valence-electron chi connectivity index (χ2n) is 4.48. The summed E-state index contributed by atoms with van der Waals surface area (Å²) in [6, 6.07) is 3.65. The smallest absolute Gasteiger partial charge is 0.0888 e. The SMILES string of the molecule is Clc1ccnc(COCC2CCCCC2)c1. The van der Waals surface area contributed by atoms with E-state index in [0.717, 1.165) is 23.2 Å². The van der Waals surface area contributed by atoms with Gasteiger partial charge in [-0.05, 0) is 30.9 Å². The molecule has 1 saturated carbocycles. The van der Waals surface area contributed by atoms with Crippen molar-refractivity contribution < 1.29 is 4.74 Å². The van der Waals surface area contributed by atoms with Gasteiger partial charge >= 0.3 is 0 Å². The van der Waals surface area contributed by atoms with Gasteiger partial charge in [0.15, 0.2) is 0 Å². The van der Waals surface area contributed by atoms with Gasteiger partial charge < -0.3 is 4.74 Å². The standard InChI is InChI=1S/C13H18ClNO/c14-12-6-7-15-13(8-12)10-16-9-11-4-2-1-3-5-11/h6-8,11H,1-5,9-10H2. The topological polar surface area (TPSA) is 22.1 Å². The Morgan fingerprint density at radius 1 is 1.31 bits per heavy atom. The first-order valence-electron chi connectivity index (χ1n) is 6.03. The third-order valence-corrected chi connectivity index (χ3v) is 3.34. The highest BCUT2D eigenvalue weighted by atomic mass is 35.5. The van der Waals surface area contributed by atoms with Crippen LogP contribution in [-0.2, 0) is 11.3 Å². The summed E-state index contributed by atoms with van der Waals surface area (Å²) in [6.07, 6.45) is 8.49. The maximum Gasteiger partial charge on any atom is 0.0888 e. The van der Waals surface area contributed by atoms with E-state index in [-0.39, 0.29) is 0 Å². The molecule has 0 atom stereocenters. The molecule has 0 saturated heterocycles. The Hall–Kier alpha value is -0.600. The molecule has 0 aromatic carbocycles. The maximum absolute atomic E-state index is 5.88. The molecular weight excluding hydrogens is 222 g/mol. The minimum atomic E-state index is 0.580. The molecular formula is C13H18ClNO. The average Bonchev–Trinajstić information content (AvgIpc) is 2.30. The highest BCUT2D eigenvalue weighted by Gasteiger charge is 2.13. The minimum Gasteiger partial charge on any atom is -0.375 e. The molecule has 0 amide bonds. The first kappa shape index (κ1) is 11.9. The molecule has 0 N–H and O–H groups in total. The quantitative estimate of drug-likeness (QED) is 0.797. The van der Waals surface area contributed by atoms with E-state index in [4.69, 9.17) is 16.3 Å². The normalized spacial score (nSPS) is 17.6. The summed E-state index contributed by atoms with van der Waals surface area (Å²) in [5.74, 6) is 0.757. The maximum atomic E-state index is 5.88. The molecule has 3 heteroatoms. The van der Waals surface area contributed by atoms with E-state index in [1.165, 1.54) is 32.1 Å². The van der Waals surface area contributed by atoms with E-state index in [1.807, 2.05) is 6.07 Å². The largest absolute Gasteiger partial charge is 0.375 e. The Balaban J connectivity index is 1.71. The molecule has 0 aliphatic heterocycles. The highest BCUT2D eigenvalue weighted by molar-refractivity contribution is 6.30. The van der Waals surface area contributed by atoms with Gasteiger partial charge in [-0.3, -0.25) is 4.98 Å². The van der Waals surface area contributed by atoms with Gasteiger partial charge in [0.1, 0.15) is 0 Å². The third-order valence-electron chi connectivity index (χ3n) is 3.11. The van der Waals surface area contributed by atoms with Crippen molar-refractivity contribution in [2.45, 2.75) is 38.7 Å². The fourth-order valence-electron chi connectivity index (χ4n) is 2.21. The number of pyridine rings is 1. The molecule has 0 unspecified atom stereocenters. The Labute approximate surface area is 102 Å². The second kappa shape index (κ2) is 6.21. The molecule has 88 valence electrons. The van der Waals surface area contributed by atoms with Crippen molar-refractivity contribution in [3.8, 4) is 0 Å². The van der Waals surface area contributed by atoms with E-state index < -0.39 is 0 Å². The molecule has 1 fully saturated rings. The third kappa shape index (κ3) is 3.76. The van der Waals surface area contributed by atoms with Gasteiger partial charge in [-0.2, -0.15) is 0 Å². The monoisotopic (exact) mass is 239 g/mol. The zero-order valence-electron chi connectivity index (χ0n) is 9.49. The highest BCUT2D eigenvalue weighted by Crippen LogP contribution is 2.23. The van der Waals surface area contributed by atoms with Gasteiger partial charge in [-0.25, -0.2) is 0 Å². The van der Waals surface area contributed by atoms with E-state index in [0.29, 0.717) is 6.61 Å². The number of rotatable bonds is 4. The lowest BCUT2D eigenvalue weighted by molar-refractivity contribution is 0.0720. The summed E-state index contributed by atoms with van der Waals surface area (Å²) < 4.78 is 5.69. The number of aromatic nitrogens is 1. The Bertz CT molecular complexity index is 323. The minimum absolute atomic E-state index is 0.580. The lowest BCUT2D eigenvalue weighted by Gasteiger charge is -2.21. The summed E-state index contributed by atoms with van der Waals surface area (Å²) in [6.45, 7) is 1.45. The van der Waals surface area contributed by atoms with E-state index in [2.05, 4.69) is 4.98 Å². The van der Waals surface area contributed by atoms with Crippen molar-refractivity contribution >= 4 is 11.6 Å². The lowest BCUT2D eigenvalue weighted by atomic mass is 9.90. The first-order chi connectivity index (χ1) is 7.84. The summed E-state index contributed by atoms with van der Waals surface area (Å²) in [5, 5.41) is 0.728. The summed E-state index contributed by atoms with van der Waals surface area (Å²) in [5.41, 5.74) is 0.920. The Kier molecular flexibility index (Phi) is 4.61. The molecule has 1 aliphatic rings. The number of hydrogen-bond donors (Lipinski definition) is 0. The van der Waals surface area contributed by atoms with E-state index >= 15 is 0 Å². The number of halogens is 1. The Morgan fingerprint density at radius 2 is 2.12 bits per heavy atom. The van der Waals surface area contributed by atoms with Gasteiger partial charge in [0.05, 0.1) is 12.3 Å². The zero-order valence-corrected chi connectivity index (χ0v) is 10.2. The molecule has 1 heterocycles. The number of hydrogen-bond acceptors (Lipinski definition) is 2. The van der Waals surface area contributed by atoms with Crippen LogP contribution in [0.3, 0.4) is 0 Å². The summed E-state index contributed by atoms with van der Waals surface area (Å²) in [7, 11) is 0. The van der Waals surface area contributed by atoms with Crippen LogP contribution in [0.5, 0.6) is 0 Å². The predicted octanol–water partition coefficient (Wildman–Crippen LogP) is 3.83. The van der Waals surface area contributed by atoms with Crippen LogP contribution in [0.25, 0.3) is 0 Å². The molecule has 0 bridgehead atoms. The fourth-order valence-corrected chi connectivity index (χ4v) is 2.39. The van der Waals surface area contributed by atoms with Crippen molar-refractivity contribution in [3.05, 3.63) is 29.0 Å². The van der Waals surface area contributed by atoms with Crippen LogP contribution >= 0.6 is 11.6 Å². The molecule has 1 aromatic heterocycles. The van der Waals surface area contributed by atoms with Crippen molar-refractivity contribution in [2.24, 2.45) is 5.92 Å². The van der Waals surface area contributed by atoms with Crippen LogP contribution in [0.2, 0.25) is 5.02 Å². The summed E-state index contributed by atoms with van der Waals surface area (Å²) >= 11 is 5.88. The van der Waals surface area contributed by atoms with Crippen LogP contribution in [-0.4, -0.2) is 11.6 Å². The fraction of sp³-hybridized carbons (Fsp3) is 0.615. The predicted molar refractivity (Wildman–Crippen MR) is 65.5 cm³/mol. The van der Waals surface area contributed by atoms with Crippen LogP contribution in [0, 0.1) is 5.92 Å². The first-order valence-corrected chi connectivity index (χ1v) is 6.40. The molecule has 16 heavy (non-hydrogen) atoms. The van der Waals surface area contributed by atoms with Crippen molar-refractivity contribution in [1.29, 1.82) is 0 Å². The van der Waals surface area contributed by atoms with E-state index in [9.17, 15) is 0 Å². The second-order valence-corrected chi connectivity index (χ2v) is 4.92. The van der Waals surface area contributed by atoms with Gasteiger partial charge in [0.25, 0.3) is 0 Å². The summed E-state index contributed by atoms with van der Waals surface area (Å²) in [4.78, 5) is 4.21. The number of nitrogens with zero attached hydrogens (tertiary/aromatic N) is 1. The van der Waals surface area contributed by atoms with Gasteiger partial charge in [0, 0.05) is 17.8 Å². The zero-order chi connectivity index (χ0) is 11.2. The molecule has 0 spiro atoms. The molecule has 1 aromatic rings. The van der Waals surface area contributed by atoms with E-state index in [1.54, 1.807) is 12.3 Å². The van der Waals surface area contributed by atoms with Crippen LogP contribution in [0.4, 0.5) is 0 Å². The van der Waals surface area contributed by atoms with Gasteiger partial charge in [-0.15, -0.1) is 0 Å². The van der Waals surface area contributed by atoms with Gasteiger partial charge in [0.2, 0.25) is 0 Å². The Morgan fingerprint density at radius 3 is 2.88 bits per heavy atom. The molecule has 2 rings (SSSR count). The van der Waals surface area contributed by atoms with Crippen molar-refractivity contribution in [3.63, 3.8) is 0 Å². The van der Waals surface area contributed by atoms with Crippen LogP contribution in [0.1, 0.15) is 37.8 Å². The van der Waals surface area contributed by atoms with Crippen molar-refractivity contribution in [2.75, 3.05) is 6.61 Å². The average molecular weight is 240 g/mol. The van der Waals surface area contributed by atoms with Crippen LogP contribution in [0.15, 0.2) is 18.3 Å². The van der Waals surface area contributed by atoms with Crippen LogP contribution < -0.4 is 0 Å².